The lowest BCUT2D eigenvalue weighted by Gasteiger charge is -2.24. The van der Waals surface area contributed by atoms with Crippen LogP contribution in [0.3, 0.4) is 0 Å². The smallest absolute Gasteiger partial charge is 0.274 e. The van der Waals surface area contributed by atoms with Crippen LogP contribution in [-0.2, 0) is 0 Å². The molecule has 104 valence electrons. The van der Waals surface area contributed by atoms with Crippen LogP contribution in [0.15, 0.2) is 12.1 Å². The monoisotopic (exact) mass is 284 g/mol. The third kappa shape index (κ3) is 2.97. The zero-order valence-electron chi connectivity index (χ0n) is 10.5. The van der Waals surface area contributed by atoms with Crippen LogP contribution >= 0.6 is 11.6 Å². The molecule has 1 atom stereocenters. The van der Waals surface area contributed by atoms with E-state index in [-0.39, 0.29) is 24.2 Å². The highest BCUT2D eigenvalue weighted by molar-refractivity contribution is 6.33. The van der Waals surface area contributed by atoms with E-state index < -0.39 is 0 Å². The zero-order valence-corrected chi connectivity index (χ0v) is 11.2. The minimum absolute atomic E-state index is 0.0601. The maximum atomic E-state index is 12.4. The number of nitrogen functional groups attached to an aromatic ring is 1. The summed E-state index contributed by atoms with van der Waals surface area (Å²) in [5.41, 5.74) is 2.59. The summed E-state index contributed by atoms with van der Waals surface area (Å²) in [5, 5.41) is 9.33. The van der Waals surface area contributed by atoms with Crippen LogP contribution in [-0.4, -0.2) is 40.1 Å². The van der Waals surface area contributed by atoms with Crippen LogP contribution in [0.2, 0.25) is 5.02 Å². The SMILES string of the molecule is NNc1ccc(Cl)c(C(=O)N2CCCC2CCO)n1. The summed E-state index contributed by atoms with van der Waals surface area (Å²) in [4.78, 5) is 18.3. The Bertz CT molecular complexity index is 469. The number of halogens is 1. The molecule has 0 aromatic carbocycles. The lowest BCUT2D eigenvalue weighted by molar-refractivity contribution is 0.0711. The van der Waals surface area contributed by atoms with E-state index in [4.69, 9.17) is 22.6 Å². The van der Waals surface area contributed by atoms with Gasteiger partial charge < -0.3 is 15.4 Å². The molecule has 1 aliphatic rings. The number of aliphatic hydroxyl groups is 1. The predicted molar refractivity (Wildman–Crippen MR) is 72.8 cm³/mol. The molecular formula is C12H17ClN4O2. The van der Waals surface area contributed by atoms with Gasteiger partial charge in [0.05, 0.1) is 5.02 Å². The number of hydrogen-bond acceptors (Lipinski definition) is 5. The van der Waals surface area contributed by atoms with Gasteiger partial charge in [-0.2, -0.15) is 0 Å². The highest BCUT2D eigenvalue weighted by atomic mass is 35.5. The van der Waals surface area contributed by atoms with Crippen molar-refractivity contribution in [1.82, 2.24) is 9.88 Å². The molecule has 1 amide bonds. The molecule has 2 heterocycles. The first-order valence-corrected chi connectivity index (χ1v) is 6.60. The second-order valence-electron chi connectivity index (χ2n) is 4.48. The Balaban J connectivity index is 2.23. The number of nitrogens with one attached hydrogen (secondary N) is 1. The Hall–Kier alpha value is -1.37. The fourth-order valence-electron chi connectivity index (χ4n) is 2.36. The highest BCUT2D eigenvalue weighted by Crippen LogP contribution is 2.25. The minimum atomic E-state index is -0.210. The van der Waals surface area contributed by atoms with Crippen LogP contribution in [0.25, 0.3) is 0 Å². The van der Waals surface area contributed by atoms with Gasteiger partial charge in [0.1, 0.15) is 11.5 Å². The number of pyridine rings is 1. The number of carbonyl (C=O) groups excluding carboxylic acids is 1. The molecule has 0 spiro atoms. The standard InChI is InChI=1S/C12H17ClN4O2/c13-9-3-4-10(16-14)15-11(9)12(19)17-6-1-2-8(17)5-7-18/h3-4,8,18H,1-2,5-7,14H2,(H,15,16). The van der Waals surface area contributed by atoms with Gasteiger partial charge in [-0.1, -0.05) is 11.6 Å². The van der Waals surface area contributed by atoms with Crippen LogP contribution < -0.4 is 11.3 Å². The van der Waals surface area contributed by atoms with Gasteiger partial charge >= 0.3 is 0 Å². The summed E-state index contributed by atoms with van der Waals surface area (Å²) in [6, 6.07) is 3.26. The Morgan fingerprint density at radius 3 is 3.11 bits per heavy atom. The number of amides is 1. The van der Waals surface area contributed by atoms with Crippen LogP contribution in [0.4, 0.5) is 5.82 Å². The molecule has 1 saturated heterocycles. The van der Waals surface area contributed by atoms with Crippen molar-refractivity contribution < 1.29 is 9.90 Å². The Kier molecular flexibility index (Phi) is 4.57. The maximum Gasteiger partial charge on any atom is 0.274 e. The van der Waals surface area contributed by atoms with Gasteiger partial charge in [0.2, 0.25) is 0 Å². The molecule has 2 rings (SSSR count). The number of aromatic nitrogens is 1. The van der Waals surface area contributed by atoms with Crippen molar-refractivity contribution in [3.8, 4) is 0 Å². The molecular weight excluding hydrogens is 268 g/mol. The number of likely N-dealkylation sites (tertiary alicyclic amines) is 1. The summed E-state index contributed by atoms with van der Waals surface area (Å²) in [6.07, 6.45) is 2.42. The summed E-state index contributed by atoms with van der Waals surface area (Å²) >= 11 is 6.02. The van der Waals surface area contributed by atoms with Crippen molar-refractivity contribution in [1.29, 1.82) is 0 Å². The van der Waals surface area contributed by atoms with Gasteiger partial charge in [0.15, 0.2) is 0 Å². The van der Waals surface area contributed by atoms with Crippen LogP contribution in [0.5, 0.6) is 0 Å². The van der Waals surface area contributed by atoms with E-state index in [9.17, 15) is 4.79 Å². The van der Waals surface area contributed by atoms with E-state index in [0.717, 1.165) is 12.8 Å². The normalized spacial score (nSPS) is 18.7. The Morgan fingerprint density at radius 2 is 2.42 bits per heavy atom. The zero-order chi connectivity index (χ0) is 13.8. The number of aliphatic hydroxyl groups excluding tert-OH is 1. The molecule has 19 heavy (non-hydrogen) atoms. The molecule has 7 heteroatoms. The molecule has 0 aliphatic carbocycles. The third-order valence-electron chi connectivity index (χ3n) is 3.30. The number of hydrazine groups is 1. The third-order valence-corrected chi connectivity index (χ3v) is 3.60. The van der Waals surface area contributed by atoms with Crippen LogP contribution in [0, 0.1) is 0 Å². The first-order valence-electron chi connectivity index (χ1n) is 6.22. The second-order valence-corrected chi connectivity index (χ2v) is 4.89. The molecule has 1 aliphatic heterocycles. The highest BCUT2D eigenvalue weighted by Gasteiger charge is 2.30. The van der Waals surface area contributed by atoms with Gasteiger partial charge in [-0.3, -0.25) is 4.79 Å². The number of carbonyl (C=O) groups is 1. The number of nitrogens with zero attached hydrogens (tertiary/aromatic N) is 2. The van der Waals surface area contributed by atoms with Crippen molar-refractivity contribution >= 4 is 23.3 Å². The Labute approximate surface area is 116 Å². The molecule has 6 nitrogen and oxygen atoms in total. The quantitative estimate of drug-likeness (QED) is 0.567. The van der Waals surface area contributed by atoms with Crippen molar-refractivity contribution in [2.24, 2.45) is 5.84 Å². The lowest BCUT2D eigenvalue weighted by atomic mass is 10.1. The fourth-order valence-corrected chi connectivity index (χ4v) is 2.55. The van der Waals surface area contributed by atoms with E-state index in [1.807, 2.05) is 0 Å². The minimum Gasteiger partial charge on any atom is -0.396 e. The number of hydrogen-bond donors (Lipinski definition) is 3. The molecule has 0 bridgehead atoms. The van der Waals surface area contributed by atoms with Crippen LogP contribution in [0.1, 0.15) is 29.8 Å². The molecule has 0 radical (unpaired) electrons. The molecule has 1 fully saturated rings. The van der Waals surface area contributed by atoms with E-state index >= 15 is 0 Å². The molecule has 1 unspecified atom stereocenters. The number of anilines is 1. The van der Waals surface area contributed by atoms with Crippen molar-refractivity contribution in [2.45, 2.75) is 25.3 Å². The molecule has 4 N–H and O–H groups in total. The summed E-state index contributed by atoms with van der Waals surface area (Å²) in [7, 11) is 0. The fraction of sp³-hybridized carbons (Fsp3) is 0.500. The lowest BCUT2D eigenvalue weighted by Crippen LogP contribution is -2.36. The molecule has 1 aromatic rings. The number of nitrogens with two attached hydrogens (primary N) is 1. The Morgan fingerprint density at radius 1 is 1.63 bits per heavy atom. The topological polar surface area (TPSA) is 91.5 Å². The van der Waals surface area contributed by atoms with E-state index in [2.05, 4.69) is 10.4 Å². The molecule has 1 aromatic heterocycles. The van der Waals surface area contributed by atoms with E-state index in [0.29, 0.717) is 23.8 Å². The van der Waals surface area contributed by atoms with Gasteiger partial charge in [-0.05, 0) is 31.4 Å². The number of rotatable bonds is 4. The summed E-state index contributed by atoms with van der Waals surface area (Å²) < 4.78 is 0. The maximum absolute atomic E-state index is 12.4. The van der Waals surface area contributed by atoms with Crippen molar-refractivity contribution in [3.63, 3.8) is 0 Å². The van der Waals surface area contributed by atoms with Crippen molar-refractivity contribution in [2.75, 3.05) is 18.6 Å². The average Bonchev–Trinajstić information content (AvgIpc) is 2.87. The average molecular weight is 285 g/mol. The summed E-state index contributed by atoms with van der Waals surface area (Å²) in [6.45, 7) is 0.738. The van der Waals surface area contributed by atoms with Gasteiger partial charge in [0.25, 0.3) is 5.91 Å². The largest absolute Gasteiger partial charge is 0.396 e. The van der Waals surface area contributed by atoms with Gasteiger partial charge in [0, 0.05) is 19.2 Å². The van der Waals surface area contributed by atoms with Crippen molar-refractivity contribution in [3.05, 3.63) is 22.8 Å². The first-order chi connectivity index (χ1) is 9.17. The first kappa shape index (κ1) is 14.0. The predicted octanol–water partition coefficient (Wildman–Crippen LogP) is 1.01. The second kappa shape index (κ2) is 6.18. The summed E-state index contributed by atoms with van der Waals surface area (Å²) in [5.74, 6) is 5.47. The van der Waals surface area contributed by atoms with Gasteiger partial charge in [-0.15, -0.1) is 0 Å². The van der Waals surface area contributed by atoms with Gasteiger partial charge in [-0.25, -0.2) is 10.8 Å². The van der Waals surface area contributed by atoms with E-state index in [1.54, 1.807) is 17.0 Å². The molecule has 0 saturated carbocycles. The van der Waals surface area contributed by atoms with E-state index in [1.165, 1.54) is 0 Å².